The van der Waals surface area contributed by atoms with E-state index in [1.165, 1.54) is 12.1 Å². The summed E-state index contributed by atoms with van der Waals surface area (Å²) in [6.07, 6.45) is 0. The Morgan fingerprint density at radius 3 is 1.23 bits per heavy atom. The second-order valence-electron chi connectivity index (χ2n) is 19.8. The molecule has 0 amide bonds. The molecule has 10 aromatic carbocycles. The predicted octanol–water partition coefficient (Wildman–Crippen LogP) is 18.4. The number of nitrogens with zero attached hydrogens (tertiary/aromatic N) is 4. The molecular formula is C62H46F4N4. The summed E-state index contributed by atoms with van der Waals surface area (Å²) < 4.78 is 65.1. The minimum absolute atomic E-state index is 0.120. The summed E-state index contributed by atoms with van der Waals surface area (Å²) in [6.45, 7) is 20.3. The smallest absolute Gasteiger partial charge is 0.187 e. The van der Waals surface area contributed by atoms with Crippen molar-refractivity contribution in [2.75, 3.05) is 9.80 Å². The number of benzene rings is 10. The molecule has 0 N–H and O–H groups in total. The topological polar surface area (TPSA) is 34.6 Å². The second-order valence-corrected chi connectivity index (χ2v) is 19.8. The predicted molar refractivity (Wildman–Crippen MR) is 279 cm³/mol. The summed E-state index contributed by atoms with van der Waals surface area (Å²) in [5.41, 5.74) is 7.06. The van der Waals surface area contributed by atoms with Gasteiger partial charge in [-0.05, 0) is 115 Å². The summed E-state index contributed by atoms with van der Waals surface area (Å²) in [4.78, 5) is 7.18. The van der Waals surface area contributed by atoms with Gasteiger partial charge in [0.1, 0.15) is 11.6 Å². The van der Waals surface area contributed by atoms with Crippen LogP contribution in [0.5, 0.6) is 0 Å². The van der Waals surface area contributed by atoms with E-state index in [2.05, 4.69) is 52.5 Å². The molecule has 0 fully saturated rings. The molecule has 8 heteroatoms. The zero-order chi connectivity index (χ0) is 49.2. The summed E-state index contributed by atoms with van der Waals surface area (Å²) in [5.74, 6) is -3.01. The van der Waals surface area contributed by atoms with Gasteiger partial charge in [-0.15, -0.1) is 0 Å². The number of anilines is 6. The minimum Gasteiger partial charge on any atom is -0.307 e. The van der Waals surface area contributed by atoms with Crippen LogP contribution in [-0.2, 0) is 10.8 Å². The Morgan fingerprint density at radius 2 is 0.857 bits per heavy atom. The van der Waals surface area contributed by atoms with Crippen LogP contribution in [0.2, 0.25) is 0 Å². The van der Waals surface area contributed by atoms with E-state index in [4.69, 9.17) is 6.57 Å². The van der Waals surface area contributed by atoms with E-state index in [1.54, 1.807) is 58.3 Å². The van der Waals surface area contributed by atoms with Crippen LogP contribution in [0, 0.1) is 41.2 Å². The summed E-state index contributed by atoms with van der Waals surface area (Å²) in [5, 5.41) is 14.7. The van der Waals surface area contributed by atoms with Gasteiger partial charge in [0.2, 0.25) is 0 Å². The average Bonchev–Trinajstić information content (AvgIpc) is 3.34. The first-order chi connectivity index (χ1) is 33.5. The van der Waals surface area contributed by atoms with Crippen LogP contribution in [0.1, 0.15) is 58.2 Å². The summed E-state index contributed by atoms with van der Waals surface area (Å²) >= 11 is 0. The van der Waals surface area contributed by atoms with Crippen LogP contribution >= 0.6 is 0 Å². The van der Waals surface area contributed by atoms with Gasteiger partial charge in [-0.3, -0.25) is 0 Å². The fourth-order valence-electron chi connectivity index (χ4n) is 9.62. The first-order valence-electron chi connectivity index (χ1n) is 23.0. The maximum atomic E-state index is 17.0. The number of rotatable bonds is 8. The fraction of sp³-hybridized carbons (Fsp3) is 0.129. The van der Waals surface area contributed by atoms with E-state index < -0.39 is 23.3 Å². The number of nitriles is 1. The van der Waals surface area contributed by atoms with Crippen molar-refractivity contribution >= 4 is 72.1 Å². The second kappa shape index (κ2) is 17.3. The van der Waals surface area contributed by atoms with Crippen molar-refractivity contribution in [2.45, 2.75) is 52.4 Å². The standard InChI is InChI=1S/C62H46F4N4/c1-61(2,3)42-18-10-38(11-19-42)51-32-44(63)34-53(65)59(51)69(47-24-8-37(36-67)9-25-47)55-30-16-40-15-29-50-56(31-17-41-14-28-49(55)57(40)58(41)50)70(48-26-22-46(68-7)23-27-48)60-52(33-45(64)35-54(60)66)39-12-20-43(21-13-39)62(4,5)6/h8-35H,1-6H3. The number of hydrogen-bond acceptors (Lipinski definition) is 3. The van der Waals surface area contributed by atoms with Crippen molar-refractivity contribution < 1.29 is 17.6 Å². The van der Waals surface area contributed by atoms with Gasteiger partial charge in [-0.2, -0.15) is 5.26 Å². The zero-order valence-corrected chi connectivity index (χ0v) is 39.5. The Bertz CT molecular complexity index is 3470. The molecule has 0 spiro atoms. The molecule has 0 aromatic heterocycles. The van der Waals surface area contributed by atoms with Crippen molar-refractivity contribution in [3.8, 4) is 28.3 Å². The van der Waals surface area contributed by atoms with E-state index in [0.717, 1.165) is 55.6 Å². The van der Waals surface area contributed by atoms with Crippen LogP contribution in [0.15, 0.2) is 170 Å². The molecule has 10 rings (SSSR count). The van der Waals surface area contributed by atoms with Gasteiger partial charge < -0.3 is 9.80 Å². The molecule has 70 heavy (non-hydrogen) atoms. The van der Waals surface area contributed by atoms with E-state index in [1.807, 2.05) is 97.1 Å². The first kappa shape index (κ1) is 45.3. The summed E-state index contributed by atoms with van der Waals surface area (Å²) in [7, 11) is 0. The highest BCUT2D eigenvalue weighted by atomic mass is 19.1. The van der Waals surface area contributed by atoms with Crippen LogP contribution in [-0.4, -0.2) is 0 Å². The number of halogens is 4. The van der Waals surface area contributed by atoms with Crippen LogP contribution in [0.25, 0.3) is 59.4 Å². The van der Waals surface area contributed by atoms with Gasteiger partial charge in [0.15, 0.2) is 17.3 Å². The molecule has 0 saturated heterocycles. The lowest BCUT2D eigenvalue weighted by Gasteiger charge is -2.31. The molecule has 0 unspecified atom stereocenters. The third-order valence-electron chi connectivity index (χ3n) is 13.2. The van der Waals surface area contributed by atoms with E-state index in [0.29, 0.717) is 56.3 Å². The molecule has 0 aliphatic heterocycles. The van der Waals surface area contributed by atoms with Gasteiger partial charge in [-0.1, -0.05) is 139 Å². The Hall–Kier alpha value is -8.46. The molecule has 0 aliphatic rings. The lowest BCUT2D eigenvalue weighted by Crippen LogP contribution is -2.15. The van der Waals surface area contributed by atoms with Gasteiger partial charge >= 0.3 is 0 Å². The Morgan fingerprint density at radius 1 is 0.471 bits per heavy atom. The normalized spacial score (nSPS) is 11.8. The largest absolute Gasteiger partial charge is 0.307 e. The van der Waals surface area contributed by atoms with Gasteiger partial charge in [0.05, 0.1) is 41.0 Å². The van der Waals surface area contributed by atoms with Crippen LogP contribution in [0.3, 0.4) is 0 Å². The highest BCUT2D eigenvalue weighted by molar-refractivity contribution is 6.28. The van der Waals surface area contributed by atoms with E-state index in [9.17, 15) is 5.26 Å². The maximum absolute atomic E-state index is 17.0. The van der Waals surface area contributed by atoms with Crippen molar-refractivity contribution in [3.63, 3.8) is 0 Å². The molecule has 0 radical (unpaired) electrons. The molecule has 0 heterocycles. The van der Waals surface area contributed by atoms with Crippen molar-refractivity contribution in [2.24, 2.45) is 0 Å². The van der Waals surface area contributed by atoms with E-state index >= 15 is 17.6 Å². The Balaban J connectivity index is 1.24. The molecule has 10 aromatic rings. The first-order valence-corrected chi connectivity index (χ1v) is 23.0. The number of hydrogen-bond donors (Lipinski definition) is 0. The van der Waals surface area contributed by atoms with E-state index in [-0.39, 0.29) is 22.2 Å². The zero-order valence-electron chi connectivity index (χ0n) is 39.5. The summed E-state index contributed by atoms with van der Waals surface area (Å²) in [6, 6.07) is 51.7. The lowest BCUT2D eigenvalue weighted by molar-refractivity contribution is 0.584. The Labute approximate surface area is 405 Å². The molecule has 0 bridgehead atoms. The monoisotopic (exact) mass is 922 g/mol. The van der Waals surface area contributed by atoms with Crippen molar-refractivity contribution in [3.05, 3.63) is 221 Å². The SMILES string of the molecule is [C-]#[N+]c1ccc(N(c2c(F)cc(F)cc2-c2ccc(C(C)(C)C)cc2)c2ccc3ccc4c(N(c5ccc(C#N)cc5)c5c(F)cc(F)cc5-c5ccc(C(C)(C)C)cc5)ccc5ccc2c3c54)cc1. The molecule has 4 nitrogen and oxygen atoms in total. The van der Waals surface area contributed by atoms with Gasteiger partial charge in [-0.25, -0.2) is 22.4 Å². The quantitative estimate of drug-likeness (QED) is 0.0865. The highest BCUT2D eigenvalue weighted by Gasteiger charge is 2.29. The van der Waals surface area contributed by atoms with Gasteiger partial charge in [0.25, 0.3) is 0 Å². The minimum atomic E-state index is -0.780. The van der Waals surface area contributed by atoms with Crippen LogP contribution in [0.4, 0.5) is 57.4 Å². The molecule has 0 saturated carbocycles. The third kappa shape index (κ3) is 8.02. The van der Waals surface area contributed by atoms with Gasteiger partial charge in [0, 0.05) is 45.4 Å². The highest BCUT2D eigenvalue weighted by Crippen LogP contribution is 2.51. The molecule has 342 valence electrons. The molecule has 0 atom stereocenters. The Kier molecular flexibility index (Phi) is 11.2. The lowest BCUT2D eigenvalue weighted by atomic mass is 9.86. The molecule has 0 aliphatic carbocycles. The van der Waals surface area contributed by atoms with Crippen molar-refractivity contribution in [1.29, 1.82) is 5.26 Å². The van der Waals surface area contributed by atoms with Crippen LogP contribution < -0.4 is 9.80 Å². The third-order valence-corrected chi connectivity index (χ3v) is 13.2. The fourth-order valence-corrected chi connectivity index (χ4v) is 9.62. The average molecular weight is 923 g/mol. The molecular weight excluding hydrogens is 877 g/mol. The maximum Gasteiger partial charge on any atom is 0.187 e. The van der Waals surface area contributed by atoms with Crippen molar-refractivity contribution in [1.82, 2.24) is 0 Å².